The number of hydrogen-bond donors (Lipinski definition) is 4. The van der Waals surface area contributed by atoms with Gasteiger partial charge < -0.3 is 10.4 Å². The SMILES string of the molecule is O=C(Nc1ncn[nH]1)C(=O)Nc1cc(Cl)ccc1O. The molecule has 0 aliphatic carbocycles. The molecule has 0 atom stereocenters. The number of benzene rings is 1. The van der Waals surface area contributed by atoms with Gasteiger partial charge in [-0.3, -0.25) is 14.9 Å². The Balaban J connectivity index is 2.04. The maximum Gasteiger partial charge on any atom is 0.316 e. The van der Waals surface area contributed by atoms with E-state index in [0.29, 0.717) is 5.02 Å². The molecule has 1 aromatic heterocycles. The second-order valence-electron chi connectivity index (χ2n) is 3.40. The monoisotopic (exact) mass is 281 g/mol. The number of nitrogens with zero attached hydrogens (tertiary/aromatic N) is 2. The molecule has 0 saturated heterocycles. The van der Waals surface area contributed by atoms with Gasteiger partial charge in [0.25, 0.3) is 0 Å². The third-order valence-electron chi connectivity index (χ3n) is 2.06. The number of nitrogens with one attached hydrogen (secondary N) is 3. The molecule has 4 N–H and O–H groups in total. The number of carbonyl (C=O) groups excluding carboxylic acids is 2. The van der Waals surface area contributed by atoms with Crippen molar-refractivity contribution in [1.29, 1.82) is 0 Å². The van der Waals surface area contributed by atoms with Crippen molar-refractivity contribution in [2.24, 2.45) is 0 Å². The fraction of sp³-hybridized carbons (Fsp3) is 0. The van der Waals surface area contributed by atoms with E-state index in [1.54, 1.807) is 0 Å². The quantitative estimate of drug-likeness (QED) is 0.478. The lowest BCUT2D eigenvalue weighted by molar-refractivity contribution is -0.133. The molecule has 19 heavy (non-hydrogen) atoms. The minimum absolute atomic E-state index is 0.0326. The smallest absolute Gasteiger partial charge is 0.316 e. The lowest BCUT2D eigenvalue weighted by atomic mass is 10.3. The fourth-order valence-corrected chi connectivity index (χ4v) is 1.39. The van der Waals surface area contributed by atoms with Crippen molar-refractivity contribution >= 4 is 35.1 Å². The van der Waals surface area contributed by atoms with Crippen LogP contribution in [0.25, 0.3) is 0 Å². The van der Waals surface area contributed by atoms with E-state index in [-0.39, 0.29) is 17.4 Å². The summed E-state index contributed by atoms with van der Waals surface area (Å²) in [4.78, 5) is 26.7. The van der Waals surface area contributed by atoms with Gasteiger partial charge in [-0.15, -0.1) is 0 Å². The Labute approximate surface area is 111 Å². The summed E-state index contributed by atoms with van der Waals surface area (Å²) in [5.41, 5.74) is 0.0326. The average molecular weight is 282 g/mol. The maximum absolute atomic E-state index is 11.6. The summed E-state index contributed by atoms with van der Waals surface area (Å²) in [6.45, 7) is 0. The number of phenolic OH excluding ortho intramolecular Hbond substituents is 1. The molecule has 0 unspecified atom stereocenters. The Morgan fingerprint density at radius 3 is 2.68 bits per heavy atom. The van der Waals surface area contributed by atoms with E-state index in [1.165, 1.54) is 24.5 Å². The number of rotatable bonds is 2. The second kappa shape index (κ2) is 5.36. The minimum Gasteiger partial charge on any atom is -0.506 e. The van der Waals surface area contributed by atoms with Crippen LogP contribution in [0.4, 0.5) is 11.6 Å². The first kappa shape index (κ1) is 12.8. The Morgan fingerprint density at radius 2 is 2.00 bits per heavy atom. The first-order valence-corrected chi connectivity index (χ1v) is 5.40. The van der Waals surface area contributed by atoms with Crippen molar-refractivity contribution < 1.29 is 14.7 Å². The first-order chi connectivity index (χ1) is 9.06. The van der Waals surface area contributed by atoms with Gasteiger partial charge in [-0.1, -0.05) is 11.6 Å². The zero-order valence-electron chi connectivity index (χ0n) is 9.35. The Morgan fingerprint density at radius 1 is 1.26 bits per heavy atom. The molecule has 1 heterocycles. The highest BCUT2D eigenvalue weighted by Crippen LogP contribution is 2.26. The van der Waals surface area contributed by atoms with Gasteiger partial charge in [0.2, 0.25) is 5.95 Å². The number of hydrogen-bond acceptors (Lipinski definition) is 5. The zero-order chi connectivity index (χ0) is 13.8. The summed E-state index contributed by atoms with van der Waals surface area (Å²) in [6, 6.07) is 4.06. The highest BCUT2D eigenvalue weighted by atomic mass is 35.5. The van der Waals surface area contributed by atoms with Gasteiger partial charge in [0.15, 0.2) is 0 Å². The van der Waals surface area contributed by atoms with Crippen molar-refractivity contribution in [2.75, 3.05) is 10.6 Å². The third-order valence-corrected chi connectivity index (χ3v) is 2.30. The van der Waals surface area contributed by atoms with E-state index in [0.717, 1.165) is 0 Å². The summed E-state index contributed by atoms with van der Waals surface area (Å²) in [6.07, 6.45) is 1.18. The molecule has 0 spiro atoms. The fourth-order valence-electron chi connectivity index (χ4n) is 1.22. The Hall–Kier alpha value is -2.61. The van der Waals surface area contributed by atoms with Crippen molar-refractivity contribution in [1.82, 2.24) is 15.2 Å². The molecule has 0 aliphatic rings. The van der Waals surface area contributed by atoms with Crippen LogP contribution in [0.1, 0.15) is 0 Å². The predicted octanol–water partition coefficient (Wildman–Crippen LogP) is 0.741. The van der Waals surface area contributed by atoms with Crippen LogP contribution in [-0.2, 0) is 9.59 Å². The number of anilines is 2. The van der Waals surface area contributed by atoms with Crippen LogP contribution in [0.3, 0.4) is 0 Å². The third kappa shape index (κ3) is 3.19. The average Bonchev–Trinajstić information content (AvgIpc) is 2.86. The summed E-state index contributed by atoms with van der Waals surface area (Å²) < 4.78 is 0. The van der Waals surface area contributed by atoms with Crippen molar-refractivity contribution in [2.45, 2.75) is 0 Å². The molecule has 98 valence electrons. The molecule has 0 radical (unpaired) electrons. The largest absolute Gasteiger partial charge is 0.506 e. The van der Waals surface area contributed by atoms with E-state index in [9.17, 15) is 14.7 Å². The maximum atomic E-state index is 11.6. The van der Waals surface area contributed by atoms with Crippen LogP contribution in [-0.4, -0.2) is 32.1 Å². The van der Waals surface area contributed by atoms with E-state index in [2.05, 4.69) is 25.8 Å². The molecule has 0 aliphatic heterocycles. The van der Waals surface area contributed by atoms with E-state index in [4.69, 9.17) is 11.6 Å². The number of aromatic hydroxyl groups is 1. The van der Waals surface area contributed by atoms with Crippen molar-refractivity contribution in [3.8, 4) is 5.75 Å². The van der Waals surface area contributed by atoms with Crippen LogP contribution in [0, 0.1) is 0 Å². The number of carbonyl (C=O) groups is 2. The summed E-state index contributed by atoms with van der Waals surface area (Å²) >= 11 is 5.71. The van der Waals surface area contributed by atoms with E-state index < -0.39 is 11.8 Å². The van der Waals surface area contributed by atoms with Crippen LogP contribution in [0.15, 0.2) is 24.5 Å². The van der Waals surface area contributed by atoms with E-state index >= 15 is 0 Å². The van der Waals surface area contributed by atoms with Crippen LogP contribution < -0.4 is 10.6 Å². The second-order valence-corrected chi connectivity index (χ2v) is 3.84. The molecule has 1 aromatic carbocycles. The van der Waals surface area contributed by atoms with Gasteiger partial charge >= 0.3 is 11.8 Å². The summed E-state index contributed by atoms with van der Waals surface area (Å²) in [5.74, 6) is -2.11. The number of H-pyrrole nitrogens is 1. The molecule has 0 fully saturated rings. The number of aromatic amines is 1. The number of phenols is 1. The number of aromatic nitrogens is 3. The molecule has 2 amide bonds. The first-order valence-electron chi connectivity index (χ1n) is 5.02. The minimum atomic E-state index is -0.978. The van der Waals surface area contributed by atoms with Crippen molar-refractivity contribution in [3.63, 3.8) is 0 Å². The molecule has 8 nitrogen and oxygen atoms in total. The van der Waals surface area contributed by atoms with Gasteiger partial charge in [0, 0.05) is 5.02 Å². The number of amides is 2. The summed E-state index contributed by atoms with van der Waals surface area (Å²) in [5, 5.41) is 20.1. The Kier molecular flexibility index (Phi) is 3.62. The predicted molar refractivity (Wildman–Crippen MR) is 66.8 cm³/mol. The van der Waals surface area contributed by atoms with Gasteiger partial charge in [-0.05, 0) is 18.2 Å². The van der Waals surface area contributed by atoms with Crippen LogP contribution >= 0.6 is 11.6 Å². The molecule has 0 saturated carbocycles. The van der Waals surface area contributed by atoms with Gasteiger partial charge in [-0.25, -0.2) is 5.10 Å². The van der Waals surface area contributed by atoms with Crippen LogP contribution in [0.5, 0.6) is 5.75 Å². The normalized spacial score (nSPS) is 9.95. The topological polar surface area (TPSA) is 120 Å². The highest BCUT2D eigenvalue weighted by molar-refractivity contribution is 6.43. The van der Waals surface area contributed by atoms with Gasteiger partial charge in [0.05, 0.1) is 5.69 Å². The van der Waals surface area contributed by atoms with Gasteiger partial charge in [-0.2, -0.15) is 10.1 Å². The molecular formula is C10H8ClN5O3. The van der Waals surface area contributed by atoms with E-state index in [1.807, 2.05) is 0 Å². The van der Waals surface area contributed by atoms with Crippen LogP contribution in [0.2, 0.25) is 5.02 Å². The lowest BCUT2D eigenvalue weighted by Crippen LogP contribution is -2.29. The number of halogens is 1. The molecule has 9 heteroatoms. The molecule has 0 bridgehead atoms. The molecule has 2 aromatic rings. The molecule has 2 rings (SSSR count). The summed E-state index contributed by atoms with van der Waals surface area (Å²) in [7, 11) is 0. The van der Waals surface area contributed by atoms with Gasteiger partial charge in [0.1, 0.15) is 12.1 Å². The lowest BCUT2D eigenvalue weighted by Gasteiger charge is -2.06. The van der Waals surface area contributed by atoms with Crippen molar-refractivity contribution in [3.05, 3.63) is 29.5 Å². The Bertz CT molecular complexity index is 614. The standard InChI is InChI=1S/C10H8ClN5O3/c11-5-1-2-7(17)6(3-5)14-8(18)9(19)15-10-12-4-13-16-10/h1-4,17H,(H,14,18)(H2,12,13,15,16,19). The zero-order valence-corrected chi connectivity index (χ0v) is 10.1. The molecular weight excluding hydrogens is 274 g/mol. The highest BCUT2D eigenvalue weighted by Gasteiger charge is 2.16.